The number of hydrogen-bond acceptors (Lipinski definition) is 0. The van der Waals surface area contributed by atoms with Crippen molar-refractivity contribution in [1.29, 1.82) is 0 Å². The van der Waals surface area contributed by atoms with Gasteiger partial charge in [0.25, 0.3) is 0 Å². The third-order valence-electron chi connectivity index (χ3n) is 2.14. The number of rotatable bonds is 5. The number of hydrogen-bond donors (Lipinski definition) is 0. The Balaban J connectivity index is 5.05. The van der Waals surface area contributed by atoms with Crippen molar-refractivity contribution in [2.24, 2.45) is 0 Å². The number of allylic oxidation sites excluding steroid dienone is 8. The lowest BCUT2D eigenvalue weighted by atomic mass is 10.0. The van der Waals surface area contributed by atoms with Crippen molar-refractivity contribution in [3.05, 3.63) is 59.3 Å². The lowest BCUT2D eigenvalue weighted by Gasteiger charge is -2.06. The van der Waals surface area contributed by atoms with E-state index >= 15 is 0 Å². The summed E-state index contributed by atoms with van der Waals surface area (Å²) < 4.78 is 0. The largest absolute Gasteiger partial charge is 0.122 e. The first kappa shape index (κ1) is 15.0. The second-order valence-corrected chi connectivity index (χ2v) is 4.48. The molecule has 16 heavy (non-hydrogen) atoms. The summed E-state index contributed by atoms with van der Waals surface area (Å²) in [4.78, 5) is 0. The summed E-state index contributed by atoms with van der Waals surface area (Å²) in [6, 6.07) is 0. The standard InChI is InChI=1S/C15H21Cl/c1-11(2)7-8-13(5)14(6)15(10-16)9-12(3)4/h7-9H,1,5,10H2,2-4,6H3/b8-7-,15-14-. The molecule has 0 amide bonds. The summed E-state index contributed by atoms with van der Waals surface area (Å²) in [5.41, 5.74) is 5.50. The zero-order valence-electron chi connectivity index (χ0n) is 10.7. The van der Waals surface area contributed by atoms with E-state index in [1.54, 1.807) is 0 Å². The minimum Gasteiger partial charge on any atom is -0.122 e. The zero-order valence-corrected chi connectivity index (χ0v) is 11.5. The van der Waals surface area contributed by atoms with Crippen LogP contribution in [0.5, 0.6) is 0 Å². The molecule has 0 aromatic heterocycles. The second kappa shape index (κ2) is 7.29. The fraction of sp³-hybridized carbons (Fsp3) is 0.333. The molecular weight excluding hydrogens is 216 g/mol. The van der Waals surface area contributed by atoms with Crippen molar-refractivity contribution in [1.82, 2.24) is 0 Å². The summed E-state index contributed by atoms with van der Waals surface area (Å²) in [7, 11) is 0. The third kappa shape index (κ3) is 5.77. The lowest BCUT2D eigenvalue weighted by molar-refractivity contribution is 1.29. The smallest absolute Gasteiger partial charge is 0.0476 e. The fourth-order valence-corrected chi connectivity index (χ4v) is 1.45. The molecule has 1 heteroatoms. The van der Waals surface area contributed by atoms with Crippen LogP contribution in [0.25, 0.3) is 0 Å². The maximum atomic E-state index is 5.93. The van der Waals surface area contributed by atoms with E-state index in [1.807, 2.05) is 26.0 Å². The average molecular weight is 237 g/mol. The Bertz CT molecular complexity index is 361. The van der Waals surface area contributed by atoms with Gasteiger partial charge in [0.15, 0.2) is 0 Å². The Hall–Kier alpha value is -1.01. The van der Waals surface area contributed by atoms with Crippen molar-refractivity contribution >= 4 is 11.6 Å². The maximum absolute atomic E-state index is 5.93. The van der Waals surface area contributed by atoms with Crippen molar-refractivity contribution in [2.45, 2.75) is 27.7 Å². The Morgan fingerprint density at radius 1 is 1.06 bits per heavy atom. The molecule has 0 saturated heterocycles. The highest BCUT2D eigenvalue weighted by Gasteiger charge is 2.00. The molecule has 0 fully saturated rings. The quantitative estimate of drug-likeness (QED) is 0.455. The fourth-order valence-electron chi connectivity index (χ4n) is 1.17. The van der Waals surface area contributed by atoms with Gasteiger partial charge in [-0.1, -0.05) is 42.5 Å². The topological polar surface area (TPSA) is 0 Å². The highest BCUT2D eigenvalue weighted by Crippen LogP contribution is 2.18. The van der Waals surface area contributed by atoms with Crippen LogP contribution >= 0.6 is 11.6 Å². The van der Waals surface area contributed by atoms with E-state index in [0.29, 0.717) is 5.88 Å². The lowest BCUT2D eigenvalue weighted by Crippen LogP contribution is -1.90. The highest BCUT2D eigenvalue weighted by atomic mass is 35.5. The van der Waals surface area contributed by atoms with E-state index in [0.717, 1.165) is 22.3 Å². The van der Waals surface area contributed by atoms with Crippen molar-refractivity contribution in [2.75, 3.05) is 5.88 Å². The first-order valence-corrected chi connectivity index (χ1v) is 5.85. The van der Waals surface area contributed by atoms with Gasteiger partial charge in [-0.05, 0) is 44.4 Å². The Labute approximate surface area is 105 Å². The van der Waals surface area contributed by atoms with E-state index in [4.69, 9.17) is 11.6 Å². The van der Waals surface area contributed by atoms with Crippen molar-refractivity contribution < 1.29 is 0 Å². The van der Waals surface area contributed by atoms with Gasteiger partial charge in [0.1, 0.15) is 0 Å². The van der Waals surface area contributed by atoms with E-state index in [-0.39, 0.29) is 0 Å². The molecule has 0 nitrogen and oxygen atoms in total. The molecule has 0 aliphatic rings. The Kier molecular flexibility index (Phi) is 6.83. The van der Waals surface area contributed by atoms with E-state index in [2.05, 4.69) is 33.1 Å². The molecule has 0 atom stereocenters. The first-order chi connectivity index (χ1) is 7.38. The van der Waals surface area contributed by atoms with Gasteiger partial charge in [0.05, 0.1) is 0 Å². The molecule has 0 rings (SSSR count). The van der Waals surface area contributed by atoms with E-state index in [9.17, 15) is 0 Å². The molecular formula is C15H21Cl. The zero-order chi connectivity index (χ0) is 12.7. The molecule has 0 aliphatic carbocycles. The van der Waals surface area contributed by atoms with Crippen LogP contribution in [-0.4, -0.2) is 5.88 Å². The summed E-state index contributed by atoms with van der Waals surface area (Å²) >= 11 is 5.93. The predicted octanol–water partition coefficient (Wildman–Crippen LogP) is 5.20. The molecule has 0 aliphatic heterocycles. The van der Waals surface area contributed by atoms with Gasteiger partial charge >= 0.3 is 0 Å². The van der Waals surface area contributed by atoms with Crippen LogP contribution < -0.4 is 0 Å². The predicted molar refractivity (Wildman–Crippen MR) is 75.9 cm³/mol. The minimum atomic E-state index is 0.511. The van der Waals surface area contributed by atoms with Gasteiger partial charge in [0, 0.05) is 5.88 Å². The van der Waals surface area contributed by atoms with Gasteiger partial charge in [-0.25, -0.2) is 0 Å². The molecule has 0 saturated carbocycles. The maximum Gasteiger partial charge on any atom is 0.0476 e. The molecule has 0 N–H and O–H groups in total. The van der Waals surface area contributed by atoms with E-state index < -0.39 is 0 Å². The van der Waals surface area contributed by atoms with Crippen LogP contribution in [0.2, 0.25) is 0 Å². The van der Waals surface area contributed by atoms with Crippen LogP contribution in [-0.2, 0) is 0 Å². The van der Waals surface area contributed by atoms with Gasteiger partial charge in [-0.15, -0.1) is 11.6 Å². The van der Waals surface area contributed by atoms with Gasteiger partial charge in [-0.3, -0.25) is 0 Å². The molecule has 0 radical (unpaired) electrons. The van der Waals surface area contributed by atoms with Crippen molar-refractivity contribution in [3.63, 3.8) is 0 Å². The molecule has 88 valence electrons. The summed E-state index contributed by atoms with van der Waals surface area (Å²) in [5, 5.41) is 0. The Morgan fingerprint density at radius 3 is 2.00 bits per heavy atom. The Morgan fingerprint density at radius 2 is 1.62 bits per heavy atom. The second-order valence-electron chi connectivity index (χ2n) is 4.21. The van der Waals surface area contributed by atoms with Gasteiger partial charge in [0.2, 0.25) is 0 Å². The monoisotopic (exact) mass is 236 g/mol. The highest BCUT2D eigenvalue weighted by molar-refractivity contribution is 6.19. The third-order valence-corrected chi connectivity index (χ3v) is 2.43. The summed E-state index contributed by atoms with van der Waals surface area (Å²) in [6.45, 7) is 16.0. The molecule has 0 aromatic carbocycles. The summed E-state index contributed by atoms with van der Waals surface area (Å²) in [6.07, 6.45) is 6.03. The molecule has 0 unspecified atom stereocenters. The van der Waals surface area contributed by atoms with Gasteiger partial charge < -0.3 is 0 Å². The van der Waals surface area contributed by atoms with Crippen LogP contribution in [0.4, 0.5) is 0 Å². The van der Waals surface area contributed by atoms with Crippen LogP contribution in [0.15, 0.2) is 59.3 Å². The molecule has 0 aromatic rings. The molecule has 0 spiro atoms. The van der Waals surface area contributed by atoms with Gasteiger partial charge in [-0.2, -0.15) is 0 Å². The summed E-state index contributed by atoms with van der Waals surface area (Å²) in [5.74, 6) is 0.511. The van der Waals surface area contributed by atoms with E-state index in [1.165, 1.54) is 5.57 Å². The first-order valence-electron chi connectivity index (χ1n) is 5.32. The van der Waals surface area contributed by atoms with Crippen molar-refractivity contribution in [3.8, 4) is 0 Å². The van der Waals surface area contributed by atoms with Crippen LogP contribution in [0.1, 0.15) is 27.7 Å². The number of halogens is 1. The minimum absolute atomic E-state index is 0.511. The van der Waals surface area contributed by atoms with Crippen LogP contribution in [0.3, 0.4) is 0 Å². The van der Waals surface area contributed by atoms with Crippen LogP contribution in [0, 0.1) is 0 Å². The molecule has 0 heterocycles. The average Bonchev–Trinajstić information content (AvgIpc) is 2.21. The SMILES string of the molecule is C=C(C)/C=C\C(=C)/C(C)=C(/C=C(C)C)CCl. The normalized spacial score (nSPS) is 12.3. The number of alkyl halides is 1. The molecule has 0 bridgehead atoms.